The van der Waals surface area contributed by atoms with Crippen LogP contribution in [-0.2, 0) is 26.2 Å². The normalized spacial score (nSPS) is 19.9. The maximum Gasteiger partial charge on any atom is 0.247 e. The molecule has 1 atom stereocenters. The molecule has 0 unspecified atom stereocenters. The molecule has 2 aromatic carbocycles. The lowest BCUT2D eigenvalue weighted by atomic mass is 9.94. The predicted molar refractivity (Wildman–Crippen MR) is 114 cm³/mol. The molecule has 166 valence electrons. The number of hydrogen-bond donors (Lipinski definition) is 1. The van der Waals surface area contributed by atoms with Crippen LogP contribution in [0.5, 0.6) is 5.75 Å². The lowest BCUT2D eigenvalue weighted by Gasteiger charge is -2.46. The van der Waals surface area contributed by atoms with Crippen LogP contribution in [0.4, 0.5) is 10.1 Å². The van der Waals surface area contributed by atoms with Gasteiger partial charge in [0.2, 0.25) is 21.8 Å². The average molecular weight is 450 g/mol. The standard InChI is InChI=1S/C21H24FN3O5S/c1-21(20(27)23-12-15-4-6-16(22)7-5-15)14-24(31(3,28)29)13-19(26)25(21)17-8-10-18(30-2)11-9-17/h4-11H,12-14H2,1-3H3,(H,23,27)/t21-/m0/s1. The highest BCUT2D eigenvalue weighted by Gasteiger charge is 2.50. The third-order valence-corrected chi connectivity index (χ3v) is 6.39. The highest BCUT2D eigenvalue weighted by atomic mass is 32.2. The van der Waals surface area contributed by atoms with Crippen LogP contribution >= 0.6 is 0 Å². The summed E-state index contributed by atoms with van der Waals surface area (Å²) >= 11 is 0. The smallest absolute Gasteiger partial charge is 0.247 e. The molecule has 0 aromatic heterocycles. The van der Waals surface area contributed by atoms with Crippen molar-refractivity contribution in [1.29, 1.82) is 0 Å². The summed E-state index contributed by atoms with van der Waals surface area (Å²) in [7, 11) is -2.20. The zero-order valence-electron chi connectivity index (χ0n) is 17.5. The van der Waals surface area contributed by atoms with Crippen LogP contribution in [-0.4, -0.2) is 56.5 Å². The van der Waals surface area contributed by atoms with E-state index in [1.807, 2.05) is 0 Å². The molecule has 0 aliphatic carbocycles. The van der Waals surface area contributed by atoms with E-state index in [4.69, 9.17) is 4.74 Å². The van der Waals surface area contributed by atoms with Crippen LogP contribution in [0.25, 0.3) is 0 Å². The van der Waals surface area contributed by atoms with Gasteiger partial charge in [0.25, 0.3) is 0 Å². The molecule has 0 spiro atoms. The minimum absolute atomic E-state index is 0.0955. The fourth-order valence-corrected chi connectivity index (χ4v) is 4.34. The molecule has 31 heavy (non-hydrogen) atoms. The first-order valence-corrected chi connectivity index (χ1v) is 11.3. The topological polar surface area (TPSA) is 96.0 Å². The van der Waals surface area contributed by atoms with Crippen molar-refractivity contribution in [2.45, 2.75) is 19.0 Å². The van der Waals surface area contributed by atoms with E-state index >= 15 is 0 Å². The third-order valence-electron chi connectivity index (χ3n) is 5.19. The monoisotopic (exact) mass is 449 g/mol. The number of anilines is 1. The molecule has 1 heterocycles. The molecule has 8 nitrogen and oxygen atoms in total. The molecule has 1 N–H and O–H groups in total. The average Bonchev–Trinajstić information content (AvgIpc) is 2.72. The van der Waals surface area contributed by atoms with E-state index in [-0.39, 0.29) is 19.6 Å². The number of nitrogens with one attached hydrogen (secondary N) is 1. The van der Waals surface area contributed by atoms with Crippen LogP contribution < -0.4 is 15.0 Å². The van der Waals surface area contributed by atoms with E-state index in [1.54, 1.807) is 24.3 Å². The fraction of sp³-hybridized carbons (Fsp3) is 0.333. The van der Waals surface area contributed by atoms with E-state index < -0.39 is 33.2 Å². The summed E-state index contributed by atoms with van der Waals surface area (Å²) < 4.78 is 43.6. The van der Waals surface area contributed by atoms with Crippen molar-refractivity contribution in [3.8, 4) is 5.75 Å². The lowest BCUT2D eigenvalue weighted by Crippen LogP contribution is -2.70. The number of piperazine rings is 1. The Morgan fingerprint density at radius 3 is 2.32 bits per heavy atom. The van der Waals surface area contributed by atoms with Crippen LogP contribution in [0.3, 0.4) is 0 Å². The molecule has 1 aliphatic heterocycles. The molecule has 3 rings (SSSR count). The number of benzene rings is 2. The number of carbonyl (C=O) groups excluding carboxylic acids is 2. The van der Waals surface area contributed by atoms with Gasteiger partial charge in [0.05, 0.1) is 19.9 Å². The molecular formula is C21H24FN3O5S. The number of rotatable bonds is 6. The van der Waals surface area contributed by atoms with Crippen LogP contribution in [0, 0.1) is 5.82 Å². The van der Waals surface area contributed by atoms with Crippen molar-refractivity contribution in [2.75, 3.05) is 31.4 Å². The minimum Gasteiger partial charge on any atom is -0.497 e. The van der Waals surface area contributed by atoms with Crippen LogP contribution in [0.15, 0.2) is 48.5 Å². The summed E-state index contributed by atoms with van der Waals surface area (Å²) in [4.78, 5) is 27.6. The van der Waals surface area contributed by atoms with Crippen molar-refractivity contribution in [3.63, 3.8) is 0 Å². The Morgan fingerprint density at radius 2 is 1.77 bits per heavy atom. The molecule has 0 saturated carbocycles. The van der Waals surface area contributed by atoms with Crippen LogP contribution in [0.1, 0.15) is 12.5 Å². The van der Waals surface area contributed by atoms with E-state index in [0.717, 1.165) is 10.6 Å². The molecule has 10 heteroatoms. The fourth-order valence-electron chi connectivity index (χ4n) is 3.51. The number of nitrogens with zero attached hydrogens (tertiary/aromatic N) is 2. The van der Waals surface area contributed by atoms with Gasteiger partial charge in [-0.25, -0.2) is 12.8 Å². The van der Waals surface area contributed by atoms with E-state index in [0.29, 0.717) is 17.0 Å². The molecule has 2 amide bonds. The first-order chi connectivity index (χ1) is 14.5. The number of sulfonamides is 1. The summed E-state index contributed by atoms with van der Waals surface area (Å²) in [6.07, 6.45) is 1.00. The highest BCUT2D eigenvalue weighted by Crippen LogP contribution is 2.31. The van der Waals surface area contributed by atoms with Crippen molar-refractivity contribution < 1.29 is 27.1 Å². The van der Waals surface area contributed by atoms with Gasteiger partial charge in [-0.2, -0.15) is 4.31 Å². The SMILES string of the molecule is COc1ccc(N2C(=O)CN(S(C)(=O)=O)C[C@@]2(C)C(=O)NCc2ccc(F)cc2)cc1. The van der Waals surface area contributed by atoms with Crippen molar-refractivity contribution >= 4 is 27.5 Å². The quantitative estimate of drug-likeness (QED) is 0.721. The van der Waals surface area contributed by atoms with E-state index in [1.165, 1.54) is 43.2 Å². The Balaban J connectivity index is 1.93. The number of carbonyl (C=O) groups is 2. The van der Waals surface area contributed by atoms with E-state index in [9.17, 15) is 22.4 Å². The molecule has 1 aliphatic rings. The zero-order chi connectivity index (χ0) is 22.8. The second-order valence-electron chi connectivity index (χ2n) is 7.54. The van der Waals surface area contributed by atoms with Gasteiger partial charge in [-0.3, -0.25) is 14.5 Å². The van der Waals surface area contributed by atoms with Crippen molar-refractivity contribution in [1.82, 2.24) is 9.62 Å². The Kier molecular flexibility index (Phi) is 6.33. The van der Waals surface area contributed by atoms with Crippen LogP contribution in [0.2, 0.25) is 0 Å². The van der Waals surface area contributed by atoms with Crippen molar-refractivity contribution in [3.05, 3.63) is 59.9 Å². The van der Waals surface area contributed by atoms with Gasteiger partial charge in [0, 0.05) is 18.8 Å². The van der Waals surface area contributed by atoms with Gasteiger partial charge in [0.15, 0.2) is 0 Å². The Labute approximate surface area is 180 Å². The predicted octanol–water partition coefficient (Wildman–Crippen LogP) is 1.52. The van der Waals surface area contributed by atoms with Gasteiger partial charge in [-0.15, -0.1) is 0 Å². The number of methoxy groups -OCH3 is 1. The molecule has 2 aromatic rings. The second kappa shape index (κ2) is 8.64. The second-order valence-corrected chi connectivity index (χ2v) is 9.52. The number of ether oxygens (including phenoxy) is 1. The Bertz CT molecular complexity index is 1070. The summed E-state index contributed by atoms with van der Waals surface area (Å²) in [5.74, 6) is -0.876. The maximum atomic E-state index is 13.3. The third kappa shape index (κ3) is 4.86. The van der Waals surface area contributed by atoms with Gasteiger partial charge < -0.3 is 10.1 Å². The first-order valence-electron chi connectivity index (χ1n) is 9.49. The minimum atomic E-state index is -3.71. The summed E-state index contributed by atoms with van der Waals surface area (Å²) in [6, 6.07) is 12.2. The summed E-state index contributed by atoms with van der Waals surface area (Å²) in [5, 5.41) is 2.74. The largest absolute Gasteiger partial charge is 0.497 e. The maximum absolute atomic E-state index is 13.3. The molecule has 1 saturated heterocycles. The zero-order valence-corrected chi connectivity index (χ0v) is 18.3. The van der Waals surface area contributed by atoms with Crippen molar-refractivity contribution in [2.24, 2.45) is 0 Å². The molecular weight excluding hydrogens is 425 g/mol. The highest BCUT2D eigenvalue weighted by molar-refractivity contribution is 7.88. The lowest BCUT2D eigenvalue weighted by molar-refractivity contribution is -0.133. The van der Waals surface area contributed by atoms with Gasteiger partial charge in [0.1, 0.15) is 17.1 Å². The first kappa shape index (κ1) is 22.7. The van der Waals surface area contributed by atoms with Gasteiger partial charge >= 0.3 is 0 Å². The van der Waals surface area contributed by atoms with Gasteiger partial charge in [-0.05, 0) is 48.9 Å². The number of amides is 2. The summed E-state index contributed by atoms with van der Waals surface area (Å²) in [5.41, 5.74) is -0.401. The van der Waals surface area contributed by atoms with Gasteiger partial charge in [-0.1, -0.05) is 12.1 Å². The number of halogens is 1. The Morgan fingerprint density at radius 1 is 1.16 bits per heavy atom. The molecule has 1 fully saturated rings. The summed E-state index contributed by atoms with van der Waals surface area (Å²) in [6.45, 7) is 1.04. The number of hydrogen-bond acceptors (Lipinski definition) is 5. The molecule has 0 radical (unpaired) electrons. The molecule has 0 bridgehead atoms. The Hall–Kier alpha value is -2.98. The van der Waals surface area contributed by atoms with E-state index in [2.05, 4.69) is 5.32 Å².